The molecular weight excluding hydrogens is 238 g/mol. The lowest BCUT2D eigenvalue weighted by Crippen LogP contribution is -2.46. The van der Waals surface area contributed by atoms with Gasteiger partial charge in [-0.15, -0.1) is 0 Å². The standard InChI is InChI=1S/C11H13N3O2S/c1-11(12,9(15)16)5-6-2-3-7-8(4-6)14-10(17)13-7/h2-4H,5,12H2,1H3,(H,15,16)(H2,13,14,17)/t11-/m0/s1. The van der Waals surface area contributed by atoms with E-state index in [9.17, 15) is 4.79 Å². The van der Waals surface area contributed by atoms with E-state index in [1.807, 2.05) is 18.2 Å². The summed E-state index contributed by atoms with van der Waals surface area (Å²) in [5.74, 6) is -1.01. The predicted molar refractivity (Wildman–Crippen MR) is 67.4 cm³/mol. The van der Waals surface area contributed by atoms with Gasteiger partial charge in [0, 0.05) is 6.42 Å². The van der Waals surface area contributed by atoms with Crippen molar-refractivity contribution in [2.45, 2.75) is 18.9 Å². The third-order valence-corrected chi connectivity index (χ3v) is 2.84. The van der Waals surface area contributed by atoms with Crippen molar-refractivity contribution in [3.63, 3.8) is 0 Å². The number of carbonyl (C=O) groups is 1. The first-order valence-electron chi connectivity index (χ1n) is 5.12. The minimum atomic E-state index is -1.26. The van der Waals surface area contributed by atoms with Gasteiger partial charge in [0.15, 0.2) is 4.77 Å². The Kier molecular flexibility index (Phi) is 2.76. The Labute approximate surface area is 103 Å². The van der Waals surface area contributed by atoms with Crippen molar-refractivity contribution >= 4 is 29.2 Å². The van der Waals surface area contributed by atoms with E-state index >= 15 is 0 Å². The first-order valence-corrected chi connectivity index (χ1v) is 5.52. The number of hydrogen-bond acceptors (Lipinski definition) is 3. The summed E-state index contributed by atoms with van der Waals surface area (Å²) >= 11 is 4.98. The van der Waals surface area contributed by atoms with Gasteiger partial charge in [-0.2, -0.15) is 0 Å². The van der Waals surface area contributed by atoms with E-state index in [0.717, 1.165) is 16.6 Å². The third-order valence-electron chi connectivity index (χ3n) is 2.64. The van der Waals surface area contributed by atoms with E-state index in [0.29, 0.717) is 4.77 Å². The molecule has 0 fully saturated rings. The quantitative estimate of drug-likeness (QED) is 0.623. The number of carboxylic acids is 1. The van der Waals surface area contributed by atoms with E-state index in [2.05, 4.69) is 9.97 Å². The lowest BCUT2D eigenvalue weighted by molar-refractivity contribution is -0.142. The summed E-state index contributed by atoms with van der Waals surface area (Å²) < 4.78 is 0.547. The molecule has 1 atom stereocenters. The Morgan fingerprint density at radius 2 is 2.12 bits per heavy atom. The van der Waals surface area contributed by atoms with Crippen LogP contribution >= 0.6 is 12.2 Å². The first kappa shape index (κ1) is 11.8. The van der Waals surface area contributed by atoms with E-state index in [-0.39, 0.29) is 6.42 Å². The van der Waals surface area contributed by atoms with Crippen molar-refractivity contribution in [2.75, 3.05) is 0 Å². The fourth-order valence-corrected chi connectivity index (χ4v) is 1.91. The molecule has 0 spiro atoms. The van der Waals surface area contributed by atoms with Crippen LogP contribution in [0.1, 0.15) is 12.5 Å². The van der Waals surface area contributed by atoms with Crippen LogP contribution in [0, 0.1) is 4.77 Å². The van der Waals surface area contributed by atoms with Crippen LogP contribution in [0.2, 0.25) is 0 Å². The van der Waals surface area contributed by atoms with Gasteiger partial charge in [-0.25, -0.2) is 0 Å². The topological polar surface area (TPSA) is 94.9 Å². The average molecular weight is 251 g/mol. The highest BCUT2D eigenvalue weighted by atomic mass is 32.1. The van der Waals surface area contributed by atoms with Gasteiger partial charge >= 0.3 is 5.97 Å². The molecule has 0 bridgehead atoms. The van der Waals surface area contributed by atoms with Crippen molar-refractivity contribution in [1.29, 1.82) is 0 Å². The molecule has 1 heterocycles. The second kappa shape index (κ2) is 3.97. The third kappa shape index (κ3) is 2.37. The molecule has 0 unspecified atom stereocenters. The maximum atomic E-state index is 10.9. The molecule has 17 heavy (non-hydrogen) atoms. The van der Waals surface area contributed by atoms with Crippen molar-refractivity contribution in [1.82, 2.24) is 9.97 Å². The number of aliphatic carboxylic acids is 1. The number of benzene rings is 1. The fourth-order valence-electron chi connectivity index (χ4n) is 1.69. The maximum Gasteiger partial charge on any atom is 0.323 e. The maximum absolute atomic E-state index is 10.9. The minimum absolute atomic E-state index is 0.268. The molecule has 0 aliphatic rings. The van der Waals surface area contributed by atoms with Crippen molar-refractivity contribution in [2.24, 2.45) is 5.73 Å². The van der Waals surface area contributed by atoms with Gasteiger partial charge in [0.1, 0.15) is 5.54 Å². The normalized spacial score (nSPS) is 14.7. The molecule has 5 nitrogen and oxygen atoms in total. The Bertz CT molecular complexity index is 627. The van der Waals surface area contributed by atoms with E-state index in [1.54, 1.807) is 0 Å². The summed E-state index contributed by atoms with van der Waals surface area (Å²) in [6.45, 7) is 1.50. The Morgan fingerprint density at radius 1 is 1.47 bits per heavy atom. The van der Waals surface area contributed by atoms with Crippen LogP contribution < -0.4 is 5.73 Å². The molecule has 0 amide bonds. The summed E-state index contributed by atoms with van der Waals surface area (Å²) in [6.07, 6.45) is 0.268. The summed E-state index contributed by atoms with van der Waals surface area (Å²) in [6, 6.07) is 5.56. The molecule has 2 rings (SSSR count). The smallest absolute Gasteiger partial charge is 0.323 e. The van der Waals surface area contributed by atoms with Gasteiger partial charge < -0.3 is 20.8 Å². The first-order chi connectivity index (χ1) is 7.88. The zero-order valence-electron chi connectivity index (χ0n) is 9.28. The molecule has 0 saturated carbocycles. The van der Waals surface area contributed by atoms with E-state index in [1.165, 1.54) is 6.92 Å². The molecule has 1 aromatic heterocycles. The number of H-pyrrole nitrogens is 2. The van der Waals surface area contributed by atoms with Crippen LogP contribution in [0.25, 0.3) is 11.0 Å². The Balaban J connectivity index is 2.37. The number of nitrogens with two attached hydrogens (primary N) is 1. The molecular formula is C11H13N3O2S. The number of fused-ring (bicyclic) bond motifs is 1. The van der Waals surface area contributed by atoms with Gasteiger partial charge in [-0.1, -0.05) is 6.07 Å². The molecule has 90 valence electrons. The van der Waals surface area contributed by atoms with Crippen molar-refractivity contribution in [3.8, 4) is 0 Å². The highest BCUT2D eigenvalue weighted by Crippen LogP contribution is 2.16. The van der Waals surface area contributed by atoms with Gasteiger partial charge in [-0.3, -0.25) is 4.79 Å². The predicted octanol–water partition coefficient (Wildman–Crippen LogP) is 1.57. The molecule has 0 saturated heterocycles. The van der Waals surface area contributed by atoms with Crippen LogP contribution in [0.5, 0.6) is 0 Å². The summed E-state index contributed by atoms with van der Waals surface area (Å²) in [4.78, 5) is 16.9. The van der Waals surface area contributed by atoms with Crippen LogP contribution in [-0.2, 0) is 11.2 Å². The van der Waals surface area contributed by atoms with Gasteiger partial charge in [0.25, 0.3) is 0 Å². The highest BCUT2D eigenvalue weighted by molar-refractivity contribution is 7.71. The summed E-state index contributed by atoms with van der Waals surface area (Å²) in [7, 11) is 0. The number of aromatic amines is 2. The van der Waals surface area contributed by atoms with Gasteiger partial charge in [0.2, 0.25) is 0 Å². The lowest BCUT2D eigenvalue weighted by Gasteiger charge is -2.18. The molecule has 0 aliphatic carbocycles. The number of rotatable bonds is 3. The van der Waals surface area contributed by atoms with E-state index < -0.39 is 11.5 Å². The van der Waals surface area contributed by atoms with Crippen LogP contribution in [0.15, 0.2) is 18.2 Å². The largest absolute Gasteiger partial charge is 0.480 e. The average Bonchev–Trinajstić information content (AvgIpc) is 2.56. The monoisotopic (exact) mass is 251 g/mol. The lowest BCUT2D eigenvalue weighted by atomic mass is 9.94. The molecule has 5 N–H and O–H groups in total. The number of hydrogen-bond donors (Lipinski definition) is 4. The highest BCUT2D eigenvalue weighted by Gasteiger charge is 2.28. The fraction of sp³-hybridized carbons (Fsp3) is 0.273. The van der Waals surface area contributed by atoms with Gasteiger partial charge in [-0.05, 0) is 36.8 Å². The minimum Gasteiger partial charge on any atom is -0.480 e. The van der Waals surface area contributed by atoms with Gasteiger partial charge in [0.05, 0.1) is 11.0 Å². The zero-order valence-corrected chi connectivity index (χ0v) is 10.1. The number of carboxylic acid groups (broad SMARTS) is 1. The van der Waals surface area contributed by atoms with Crippen molar-refractivity contribution in [3.05, 3.63) is 28.5 Å². The Hall–Kier alpha value is -1.66. The van der Waals surface area contributed by atoms with E-state index in [4.69, 9.17) is 23.1 Å². The molecule has 1 aromatic carbocycles. The SMILES string of the molecule is C[C@](N)(Cc1ccc2[nH]c(=S)[nH]c2c1)C(=O)O. The summed E-state index contributed by atoms with van der Waals surface area (Å²) in [5, 5.41) is 8.96. The Morgan fingerprint density at radius 3 is 2.76 bits per heavy atom. The van der Waals surface area contributed by atoms with Crippen molar-refractivity contribution < 1.29 is 9.90 Å². The number of aromatic nitrogens is 2. The van der Waals surface area contributed by atoms with Crippen LogP contribution in [-0.4, -0.2) is 26.6 Å². The number of nitrogens with one attached hydrogen (secondary N) is 2. The van der Waals surface area contributed by atoms with Crippen LogP contribution in [0.3, 0.4) is 0 Å². The zero-order chi connectivity index (χ0) is 12.6. The molecule has 0 radical (unpaired) electrons. The molecule has 2 aromatic rings. The second-order valence-electron chi connectivity index (χ2n) is 4.36. The summed E-state index contributed by atoms with van der Waals surface area (Å²) in [5.41, 5.74) is 7.05. The second-order valence-corrected chi connectivity index (χ2v) is 4.77. The molecule has 0 aliphatic heterocycles. The van der Waals surface area contributed by atoms with Crippen LogP contribution in [0.4, 0.5) is 0 Å². The number of imidazole rings is 1. The molecule has 6 heteroatoms.